The number of nitrogens with two attached hydrogens (primary N) is 1. The molecule has 0 aromatic carbocycles. The maximum Gasteiger partial charge on any atom is 0.0897 e. The first-order chi connectivity index (χ1) is 8.22. The van der Waals surface area contributed by atoms with E-state index in [4.69, 9.17) is 10.5 Å². The second-order valence-corrected chi connectivity index (χ2v) is 5.66. The Balaban J connectivity index is 1.95. The van der Waals surface area contributed by atoms with Crippen LogP contribution in [0.25, 0.3) is 0 Å². The van der Waals surface area contributed by atoms with Crippen molar-refractivity contribution in [3.8, 4) is 0 Å². The first-order valence-electron chi connectivity index (χ1n) is 6.11. The molecule has 1 aliphatic heterocycles. The van der Waals surface area contributed by atoms with Gasteiger partial charge in [0.1, 0.15) is 0 Å². The zero-order valence-corrected chi connectivity index (χ0v) is 11.4. The topological polar surface area (TPSA) is 51.4 Å². The van der Waals surface area contributed by atoms with Crippen molar-refractivity contribution in [3.63, 3.8) is 0 Å². The van der Waals surface area contributed by atoms with Gasteiger partial charge in [0.15, 0.2) is 0 Å². The minimum absolute atomic E-state index is 0.372. The van der Waals surface area contributed by atoms with Crippen LogP contribution < -0.4 is 5.73 Å². The first kappa shape index (κ1) is 13.0. The molecule has 5 heteroatoms. The zero-order chi connectivity index (χ0) is 12.3. The number of ether oxygens (including phenoxy) is 1. The molecule has 1 aliphatic rings. The number of piperidine rings is 1. The Morgan fingerprint density at radius 3 is 3.06 bits per heavy atom. The number of hydrogen-bond acceptors (Lipinski definition) is 5. The predicted molar refractivity (Wildman–Crippen MR) is 70.1 cm³/mol. The highest BCUT2D eigenvalue weighted by molar-refractivity contribution is 7.09. The molecule has 0 saturated carbocycles. The van der Waals surface area contributed by atoms with Gasteiger partial charge in [0.25, 0.3) is 0 Å². The number of hydrogen-bond donors (Lipinski definition) is 1. The fourth-order valence-corrected chi connectivity index (χ4v) is 3.02. The monoisotopic (exact) mass is 255 g/mol. The lowest BCUT2D eigenvalue weighted by Crippen LogP contribution is -2.48. The van der Waals surface area contributed by atoms with Crippen molar-refractivity contribution in [3.05, 3.63) is 16.1 Å². The smallest absolute Gasteiger partial charge is 0.0897 e. The van der Waals surface area contributed by atoms with Crippen LogP contribution in [-0.2, 0) is 11.3 Å². The lowest BCUT2D eigenvalue weighted by molar-refractivity contribution is 0.00983. The van der Waals surface area contributed by atoms with E-state index in [-0.39, 0.29) is 0 Å². The van der Waals surface area contributed by atoms with Gasteiger partial charge in [-0.2, -0.15) is 0 Å². The van der Waals surface area contributed by atoms with Crippen molar-refractivity contribution in [2.45, 2.75) is 38.5 Å². The quantitative estimate of drug-likeness (QED) is 0.883. The number of nitrogens with zero attached hydrogens (tertiary/aromatic N) is 2. The maximum absolute atomic E-state index is 5.85. The molecule has 2 rings (SSSR count). The van der Waals surface area contributed by atoms with E-state index in [0.717, 1.165) is 30.9 Å². The molecule has 0 amide bonds. The van der Waals surface area contributed by atoms with Gasteiger partial charge in [-0.1, -0.05) is 0 Å². The highest BCUT2D eigenvalue weighted by atomic mass is 32.1. The number of thiazole rings is 1. The molecule has 0 spiro atoms. The Morgan fingerprint density at radius 2 is 2.47 bits per heavy atom. The van der Waals surface area contributed by atoms with Gasteiger partial charge in [0.05, 0.1) is 16.8 Å². The van der Waals surface area contributed by atoms with E-state index < -0.39 is 0 Å². The number of likely N-dealkylation sites (tertiary alicyclic amines) is 1. The second kappa shape index (κ2) is 5.91. The minimum atomic E-state index is 0.372. The summed E-state index contributed by atoms with van der Waals surface area (Å²) in [4.78, 5) is 6.95. The maximum atomic E-state index is 5.85. The van der Waals surface area contributed by atoms with E-state index in [1.165, 1.54) is 5.69 Å². The normalized spacial score (nSPS) is 26.3. The van der Waals surface area contributed by atoms with Crippen LogP contribution in [0.4, 0.5) is 0 Å². The summed E-state index contributed by atoms with van der Waals surface area (Å²) in [6.07, 6.45) is 2.50. The summed E-state index contributed by atoms with van der Waals surface area (Å²) in [5, 5.41) is 3.28. The van der Waals surface area contributed by atoms with E-state index in [2.05, 4.69) is 15.3 Å². The largest absolute Gasteiger partial charge is 0.381 e. The summed E-state index contributed by atoms with van der Waals surface area (Å²) in [7, 11) is 1.79. The van der Waals surface area contributed by atoms with Crippen molar-refractivity contribution in [1.82, 2.24) is 9.88 Å². The van der Waals surface area contributed by atoms with Gasteiger partial charge in [-0.05, 0) is 19.8 Å². The lowest BCUT2D eigenvalue weighted by atomic mass is 9.99. The van der Waals surface area contributed by atoms with E-state index in [1.807, 2.05) is 6.92 Å². The van der Waals surface area contributed by atoms with Crippen molar-refractivity contribution < 1.29 is 4.74 Å². The van der Waals surface area contributed by atoms with Crippen molar-refractivity contribution >= 4 is 11.3 Å². The third kappa shape index (κ3) is 3.25. The van der Waals surface area contributed by atoms with Gasteiger partial charge < -0.3 is 10.5 Å². The Bertz CT molecular complexity index is 355. The summed E-state index contributed by atoms with van der Waals surface area (Å²) >= 11 is 1.71. The van der Waals surface area contributed by atoms with Crippen LogP contribution >= 0.6 is 11.3 Å². The van der Waals surface area contributed by atoms with Gasteiger partial charge in [0.2, 0.25) is 0 Å². The summed E-state index contributed by atoms with van der Waals surface area (Å²) in [6.45, 7) is 4.72. The van der Waals surface area contributed by atoms with Crippen molar-refractivity contribution in [1.29, 1.82) is 0 Å². The molecule has 2 unspecified atom stereocenters. The van der Waals surface area contributed by atoms with Crippen LogP contribution in [0, 0.1) is 6.92 Å². The predicted octanol–water partition coefficient (Wildman–Crippen LogP) is 1.39. The van der Waals surface area contributed by atoms with Crippen LogP contribution in [0.2, 0.25) is 0 Å². The average molecular weight is 255 g/mol. The van der Waals surface area contributed by atoms with Gasteiger partial charge in [-0.15, -0.1) is 11.3 Å². The minimum Gasteiger partial charge on any atom is -0.381 e. The average Bonchev–Trinajstić information content (AvgIpc) is 2.75. The highest BCUT2D eigenvalue weighted by Crippen LogP contribution is 2.21. The summed E-state index contributed by atoms with van der Waals surface area (Å²) < 4.78 is 5.43. The molecule has 2 N–H and O–H groups in total. The molecule has 2 atom stereocenters. The highest BCUT2D eigenvalue weighted by Gasteiger charge is 2.27. The van der Waals surface area contributed by atoms with Gasteiger partial charge >= 0.3 is 0 Å². The van der Waals surface area contributed by atoms with Crippen LogP contribution in [0.3, 0.4) is 0 Å². The molecule has 1 aromatic heterocycles. The van der Waals surface area contributed by atoms with Crippen molar-refractivity contribution in [2.24, 2.45) is 5.73 Å². The Morgan fingerprint density at radius 1 is 1.65 bits per heavy atom. The van der Waals surface area contributed by atoms with Crippen LogP contribution in [0.15, 0.2) is 5.38 Å². The van der Waals surface area contributed by atoms with E-state index >= 15 is 0 Å². The number of aryl methyl sites for hydroxylation is 1. The molecular weight excluding hydrogens is 234 g/mol. The second-order valence-electron chi connectivity index (χ2n) is 4.60. The standard InChI is InChI=1S/C12H21N3OS/c1-9-14-10(8-17-9)7-15-4-3-12(16-2)5-11(15)6-13/h8,11-12H,3-7,13H2,1-2H3. The fourth-order valence-electron chi connectivity index (χ4n) is 2.42. The van der Waals surface area contributed by atoms with E-state index in [0.29, 0.717) is 18.7 Å². The third-order valence-corrected chi connectivity index (χ3v) is 4.25. The molecule has 1 saturated heterocycles. The van der Waals surface area contributed by atoms with E-state index in [9.17, 15) is 0 Å². The lowest BCUT2D eigenvalue weighted by Gasteiger charge is -2.38. The Labute approximate surface area is 107 Å². The molecule has 0 radical (unpaired) electrons. The summed E-state index contributed by atoms with van der Waals surface area (Å²) in [5.41, 5.74) is 7.02. The SMILES string of the molecule is COC1CCN(Cc2csc(C)n2)C(CN)C1. The van der Waals surface area contributed by atoms with Crippen LogP contribution in [0.5, 0.6) is 0 Å². The molecule has 2 heterocycles. The molecule has 17 heavy (non-hydrogen) atoms. The fraction of sp³-hybridized carbons (Fsp3) is 0.750. The Kier molecular flexibility index (Phi) is 4.50. The molecule has 0 bridgehead atoms. The van der Waals surface area contributed by atoms with Crippen LogP contribution in [-0.4, -0.2) is 42.2 Å². The molecule has 1 fully saturated rings. The number of methoxy groups -OCH3 is 1. The van der Waals surface area contributed by atoms with Crippen molar-refractivity contribution in [2.75, 3.05) is 20.2 Å². The molecular formula is C12H21N3OS. The third-order valence-electron chi connectivity index (χ3n) is 3.43. The zero-order valence-electron chi connectivity index (χ0n) is 10.6. The summed E-state index contributed by atoms with van der Waals surface area (Å²) in [6, 6.07) is 0.427. The molecule has 96 valence electrons. The molecule has 0 aliphatic carbocycles. The summed E-state index contributed by atoms with van der Waals surface area (Å²) in [5.74, 6) is 0. The van der Waals surface area contributed by atoms with E-state index in [1.54, 1.807) is 18.4 Å². The first-order valence-corrected chi connectivity index (χ1v) is 6.98. The van der Waals surface area contributed by atoms with Gasteiger partial charge in [0, 0.05) is 38.2 Å². The molecule has 1 aromatic rings. The van der Waals surface area contributed by atoms with Gasteiger partial charge in [-0.25, -0.2) is 4.98 Å². The molecule has 4 nitrogen and oxygen atoms in total. The van der Waals surface area contributed by atoms with Crippen LogP contribution in [0.1, 0.15) is 23.5 Å². The number of rotatable bonds is 4. The number of aromatic nitrogens is 1. The Hall–Kier alpha value is -0.490. The van der Waals surface area contributed by atoms with Gasteiger partial charge in [-0.3, -0.25) is 4.90 Å².